The van der Waals surface area contributed by atoms with Gasteiger partial charge in [-0.2, -0.15) is 4.98 Å². The molecule has 1 aliphatic heterocycles. The lowest BCUT2D eigenvalue weighted by Crippen LogP contribution is -2.43. The normalized spacial score (nSPS) is 25.9. The molecule has 6 nitrogen and oxygen atoms in total. The third-order valence-electron chi connectivity index (χ3n) is 4.73. The molecule has 3 aliphatic rings. The van der Waals surface area contributed by atoms with Gasteiger partial charge in [0.2, 0.25) is 5.82 Å². The number of hydrogen-bond acceptors (Lipinski definition) is 6. The Kier molecular flexibility index (Phi) is 2.96. The number of aromatic nitrogens is 2. The third-order valence-corrected chi connectivity index (χ3v) is 4.73. The fourth-order valence-corrected chi connectivity index (χ4v) is 2.98. The fraction of sp³-hybridized carbons (Fsp3) is 0.857. The SMILES string of the molecule is COC1(c2noc(N3CCC(NC4CC4)CC3)n2)CC1. The molecule has 0 aromatic carbocycles. The summed E-state index contributed by atoms with van der Waals surface area (Å²) < 4.78 is 10.9. The molecule has 0 amide bonds. The first-order valence-electron chi connectivity index (χ1n) is 7.69. The monoisotopic (exact) mass is 278 g/mol. The van der Waals surface area contributed by atoms with Gasteiger partial charge >= 0.3 is 6.01 Å². The van der Waals surface area contributed by atoms with E-state index in [0.717, 1.165) is 44.8 Å². The van der Waals surface area contributed by atoms with Crippen molar-refractivity contribution in [3.8, 4) is 0 Å². The Morgan fingerprint density at radius 1 is 1.20 bits per heavy atom. The van der Waals surface area contributed by atoms with Gasteiger partial charge < -0.3 is 19.5 Å². The van der Waals surface area contributed by atoms with Crippen molar-refractivity contribution in [1.82, 2.24) is 15.5 Å². The third kappa shape index (κ3) is 2.31. The second-order valence-electron chi connectivity index (χ2n) is 6.30. The standard InChI is InChI=1S/C14H22N4O2/c1-19-14(6-7-14)12-16-13(20-17-12)18-8-4-11(5-9-18)15-10-2-3-10/h10-11,15H,2-9H2,1H3. The molecule has 4 rings (SSSR count). The summed E-state index contributed by atoms with van der Waals surface area (Å²) in [6.07, 6.45) is 7.01. The van der Waals surface area contributed by atoms with Gasteiger partial charge in [0.25, 0.3) is 0 Å². The summed E-state index contributed by atoms with van der Waals surface area (Å²) in [7, 11) is 1.72. The van der Waals surface area contributed by atoms with Crippen LogP contribution in [0.1, 0.15) is 44.3 Å². The number of hydrogen-bond donors (Lipinski definition) is 1. The predicted molar refractivity (Wildman–Crippen MR) is 73.6 cm³/mol. The molecular formula is C14H22N4O2. The Morgan fingerprint density at radius 2 is 1.90 bits per heavy atom. The molecule has 3 fully saturated rings. The summed E-state index contributed by atoms with van der Waals surface area (Å²) in [5.41, 5.74) is -0.256. The number of piperidine rings is 1. The average Bonchev–Trinajstić information content (AvgIpc) is 3.40. The van der Waals surface area contributed by atoms with Crippen LogP contribution in [0, 0.1) is 0 Å². The van der Waals surface area contributed by atoms with Gasteiger partial charge in [-0.25, -0.2) is 0 Å². The van der Waals surface area contributed by atoms with Gasteiger partial charge in [-0.05, 0) is 38.5 Å². The maximum absolute atomic E-state index is 5.49. The lowest BCUT2D eigenvalue weighted by molar-refractivity contribution is 0.0689. The topological polar surface area (TPSA) is 63.4 Å². The molecule has 0 atom stereocenters. The zero-order valence-corrected chi connectivity index (χ0v) is 12.0. The van der Waals surface area contributed by atoms with Crippen LogP contribution in [-0.4, -0.2) is 42.4 Å². The molecule has 1 saturated heterocycles. The van der Waals surface area contributed by atoms with Crippen molar-refractivity contribution in [1.29, 1.82) is 0 Å². The van der Waals surface area contributed by atoms with Gasteiger partial charge in [-0.1, -0.05) is 5.16 Å². The van der Waals surface area contributed by atoms with Gasteiger partial charge in [0.15, 0.2) is 0 Å². The van der Waals surface area contributed by atoms with E-state index >= 15 is 0 Å². The second kappa shape index (κ2) is 4.70. The van der Waals surface area contributed by atoms with Crippen LogP contribution in [0.5, 0.6) is 0 Å². The number of rotatable bonds is 5. The van der Waals surface area contributed by atoms with Crippen molar-refractivity contribution < 1.29 is 9.26 Å². The lowest BCUT2D eigenvalue weighted by Gasteiger charge is -2.31. The minimum absolute atomic E-state index is 0.256. The van der Waals surface area contributed by atoms with E-state index in [4.69, 9.17) is 9.26 Å². The second-order valence-corrected chi connectivity index (χ2v) is 6.30. The van der Waals surface area contributed by atoms with Gasteiger partial charge in [0.1, 0.15) is 5.60 Å². The molecule has 110 valence electrons. The summed E-state index contributed by atoms with van der Waals surface area (Å²) in [6, 6.07) is 2.11. The highest BCUT2D eigenvalue weighted by atomic mass is 16.5. The minimum Gasteiger partial charge on any atom is -0.370 e. The smallest absolute Gasteiger partial charge is 0.324 e. The zero-order chi connectivity index (χ0) is 13.6. The summed E-state index contributed by atoms with van der Waals surface area (Å²) in [6.45, 7) is 1.98. The number of nitrogens with zero attached hydrogens (tertiary/aromatic N) is 3. The van der Waals surface area contributed by atoms with Crippen LogP contribution in [-0.2, 0) is 10.3 Å². The molecule has 0 spiro atoms. The Labute approximate surface area is 118 Å². The number of nitrogens with one attached hydrogen (secondary N) is 1. The molecule has 0 bridgehead atoms. The zero-order valence-electron chi connectivity index (χ0n) is 12.0. The van der Waals surface area contributed by atoms with E-state index in [9.17, 15) is 0 Å². The lowest BCUT2D eigenvalue weighted by atomic mass is 10.1. The van der Waals surface area contributed by atoms with Crippen LogP contribution in [0.25, 0.3) is 0 Å². The molecule has 0 unspecified atom stereocenters. The highest BCUT2D eigenvalue weighted by Gasteiger charge is 2.49. The summed E-state index contributed by atoms with van der Waals surface area (Å²) in [4.78, 5) is 6.74. The first kappa shape index (κ1) is 12.6. The maximum atomic E-state index is 5.49. The summed E-state index contributed by atoms with van der Waals surface area (Å²) >= 11 is 0. The first-order chi connectivity index (χ1) is 9.79. The molecule has 6 heteroatoms. The van der Waals surface area contributed by atoms with E-state index in [-0.39, 0.29) is 5.60 Å². The van der Waals surface area contributed by atoms with Crippen molar-refractivity contribution in [2.45, 2.75) is 56.2 Å². The largest absolute Gasteiger partial charge is 0.370 e. The Bertz CT molecular complexity index is 473. The van der Waals surface area contributed by atoms with Crippen LogP contribution in [0.15, 0.2) is 4.52 Å². The highest BCUT2D eigenvalue weighted by molar-refractivity contribution is 5.28. The van der Waals surface area contributed by atoms with Gasteiger partial charge in [0, 0.05) is 32.3 Å². The molecule has 2 heterocycles. The van der Waals surface area contributed by atoms with Crippen molar-refractivity contribution >= 4 is 6.01 Å². The molecule has 1 aromatic heterocycles. The average molecular weight is 278 g/mol. The van der Waals surface area contributed by atoms with Crippen LogP contribution < -0.4 is 10.2 Å². The number of ether oxygens (including phenoxy) is 1. The van der Waals surface area contributed by atoms with Crippen molar-refractivity contribution in [2.24, 2.45) is 0 Å². The molecule has 20 heavy (non-hydrogen) atoms. The molecule has 1 aromatic rings. The van der Waals surface area contributed by atoms with E-state index in [1.54, 1.807) is 7.11 Å². The Balaban J connectivity index is 1.36. The maximum Gasteiger partial charge on any atom is 0.324 e. The Morgan fingerprint density at radius 3 is 2.50 bits per heavy atom. The minimum atomic E-state index is -0.256. The van der Waals surface area contributed by atoms with Gasteiger partial charge in [-0.15, -0.1) is 0 Å². The van der Waals surface area contributed by atoms with E-state index in [1.807, 2.05) is 0 Å². The quantitative estimate of drug-likeness (QED) is 0.879. The van der Waals surface area contributed by atoms with Crippen LogP contribution in [0.4, 0.5) is 6.01 Å². The number of methoxy groups -OCH3 is 1. The number of anilines is 1. The van der Waals surface area contributed by atoms with E-state index in [0.29, 0.717) is 17.9 Å². The van der Waals surface area contributed by atoms with Crippen molar-refractivity contribution in [3.63, 3.8) is 0 Å². The summed E-state index contributed by atoms with van der Waals surface area (Å²) in [5.74, 6) is 0.716. The molecule has 2 aliphatic carbocycles. The van der Waals surface area contributed by atoms with Crippen LogP contribution >= 0.6 is 0 Å². The van der Waals surface area contributed by atoms with Gasteiger partial charge in [-0.3, -0.25) is 0 Å². The molecule has 2 saturated carbocycles. The first-order valence-corrected chi connectivity index (χ1v) is 7.69. The van der Waals surface area contributed by atoms with Crippen LogP contribution in [0.2, 0.25) is 0 Å². The van der Waals surface area contributed by atoms with Crippen molar-refractivity contribution in [2.75, 3.05) is 25.1 Å². The van der Waals surface area contributed by atoms with Crippen LogP contribution in [0.3, 0.4) is 0 Å². The Hall–Kier alpha value is -1.14. The van der Waals surface area contributed by atoms with E-state index in [1.165, 1.54) is 12.8 Å². The molecule has 1 N–H and O–H groups in total. The fourth-order valence-electron chi connectivity index (χ4n) is 2.98. The van der Waals surface area contributed by atoms with E-state index < -0.39 is 0 Å². The van der Waals surface area contributed by atoms with Crippen molar-refractivity contribution in [3.05, 3.63) is 5.82 Å². The van der Waals surface area contributed by atoms with Gasteiger partial charge in [0.05, 0.1) is 0 Å². The summed E-state index contributed by atoms with van der Waals surface area (Å²) in [5, 5.41) is 7.81. The highest BCUT2D eigenvalue weighted by Crippen LogP contribution is 2.47. The van der Waals surface area contributed by atoms with E-state index in [2.05, 4.69) is 20.4 Å². The molecular weight excluding hydrogens is 256 g/mol. The molecule has 0 radical (unpaired) electrons. The predicted octanol–water partition coefficient (Wildman–Crippen LogP) is 1.43.